The molecule has 1 rings (SSSR count). The Balaban J connectivity index is 2.84. The van der Waals surface area contributed by atoms with Crippen LogP contribution in [0.1, 0.15) is 11.5 Å². The molecule has 0 aliphatic heterocycles. The molecule has 0 spiro atoms. The van der Waals surface area contributed by atoms with Crippen LogP contribution >= 0.6 is 0 Å². The zero-order valence-electron chi connectivity index (χ0n) is 8.05. The summed E-state index contributed by atoms with van der Waals surface area (Å²) in [5, 5.41) is 0. The van der Waals surface area contributed by atoms with Crippen LogP contribution in [0.3, 0.4) is 0 Å². The van der Waals surface area contributed by atoms with Gasteiger partial charge in [-0.1, -0.05) is 6.07 Å². The highest BCUT2D eigenvalue weighted by atomic mass is 32.2. The van der Waals surface area contributed by atoms with Crippen molar-refractivity contribution in [2.75, 3.05) is 18.6 Å². The highest BCUT2D eigenvalue weighted by Crippen LogP contribution is 2.14. The lowest BCUT2D eigenvalue weighted by molar-refractivity contribution is 0.593. The van der Waals surface area contributed by atoms with Crippen LogP contribution in [0.25, 0.3) is 0 Å². The van der Waals surface area contributed by atoms with Crippen LogP contribution < -0.4 is 5.73 Å². The smallest absolute Gasteiger partial charge is 0.148 e. The molecule has 5 heteroatoms. The molecule has 0 amide bonds. The second-order valence-electron chi connectivity index (χ2n) is 3.31. The standard InChI is InChI=1S/C9H14N2O2S/c1-14(12,13)7-9(5-10)8-3-2-4-11-6-8/h2-4,6,9H,5,7,10H2,1H3. The number of hydrogen-bond donors (Lipinski definition) is 1. The minimum Gasteiger partial charge on any atom is -0.330 e. The minimum atomic E-state index is -2.99. The van der Waals surface area contributed by atoms with Crippen molar-refractivity contribution < 1.29 is 8.42 Å². The van der Waals surface area contributed by atoms with Crippen LogP contribution in [-0.4, -0.2) is 32.0 Å². The van der Waals surface area contributed by atoms with E-state index in [1.807, 2.05) is 6.07 Å². The van der Waals surface area contributed by atoms with Crippen molar-refractivity contribution in [2.24, 2.45) is 5.73 Å². The van der Waals surface area contributed by atoms with Gasteiger partial charge in [-0.25, -0.2) is 8.42 Å². The summed E-state index contributed by atoms with van der Waals surface area (Å²) >= 11 is 0. The van der Waals surface area contributed by atoms with E-state index in [2.05, 4.69) is 4.98 Å². The van der Waals surface area contributed by atoms with Gasteiger partial charge in [0, 0.05) is 31.1 Å². The first-order valence-electron chi connectivity index (χ1n) is 4.30. The fourth-order valence-corrected chi connectivity index (χ4v) is 2.34. The van der Waals surface area contributed by atoms with Gasteiger partial charge in [-0.05, 0) is 11.6 Å². The molecule has 78 valence electrons. The second-order valence-corrected chi connectivity index (χ2v) is 5.50. The number of sulfone groups is 1. The number of nitrogens with two attached hydrogens (primary N) is 1. The zero-order valence-corrected chi connectivity index (χ0v) is 8.87. The van der Waals surface area contributed by atoms with Gasteiger partial charge < -0.3 is 5.73 Å². The normalized spacial score (nSPS) is 13.9. The van der Waals surface area contributed by atoms with E-state index in [4.69, 9.17) is 5.73 Å². The van der Waals surface area contributed by atoms with E-state index in [9.17, 15) is 8.42 Å². The molecule has 1 heterocycles. The van der Waals surface area contributed by atoms with Crippen molar-refractivity contribution in [1.82, 2.24) is 4.98 Å². The van der Waals surface area contributed by atoms with Crippen molar-refractivity contribution >= 4 is 9.84 Å². The van der Waals surface area contributed by atoms with E-state index in [0.717, 1.165) is 5.56 Å². The molecule has 2 N–H and O–H groups in total. The van der Waals surface area contributed by atoms with Crippen LogP contribution in [0.4, 0.5) is 0 Å². The maximum atomic E-state index is 11.1. The molecule has 1 aromatic rings. The Morgan fingerprint density at radius 1 is 1.57 bits per heavy atom. The monoisotopic (exact) mass is 214 g/mol. The Morgan fingerprint density at radius 3 is 2.71 bits per heavy atom. The molecule has 0 aliphatic carbocycles. The first-order valence-corrected chi connectivity index (χ1v) is 6.36. The number of hydrogen-bond acceptors (Lipinski definition) is 4. The molecule has 0 aliphatic rings. The summed E-state index contributed by atoms with van der Waals surface area (Å²) in [5.74, 6) is -0.0754. The largest absolute Gasteiger partial charge is 0.330 e. The lowest BCUT2D eigenvalue weighted by Crippen LogP contribution is -2.21. The van der Waals surface area contributed by atoms with Crippen molar-refractivity contribution in [1.29, 1.82) is 0 Å². The van der Waals surface area contributed by atoms with Gasteiger partial charge in [0.1, 0.15) is 9.84 Å². The van der Waals surface area contributed by atoms with E-state index in [-0.39, 0.29) is 11.7 Å². The van der Waals surface area contributed by atoms with Crippen molar-refractivity contribution in [3.63, 3.8) is 0 Å². The van der Waals surface area contributed by atoms with Crippen LogP contribution in [0.5, 0.6) is 0 Å². The first-order chi connectivity index (χ1) is 6.53. The summed E-state index contributed by atoms with van der Waals surface area (Å²) in [6.45, 7) is 0.318. The highest BCUT2D eigenvalue weighted by molar-refractivity contribution is 7.90. The molecule has 0 saturated carbocycles. The molecule has 1 atom stereocenters. The molecular formula is C9H14N2O2S. The predicted octanol–water partition coefficient (Wildman–Crippen LogP) is 0.168. The van der Waals surface area contributed by atoms with E-state index < -0.39 is 9.84 Å². The zero-order chi connectivity index (χ0) is 10.6. The minimum absolute atomic E-state index is 0.0786. The van der Waals surface area contributed by atoms with Crippen molar-refractivity contribution in [3.8, 4) is 0 Å². The van der Waals surface area contributed by atoms with Gasteiger partial charge in [0.25, 0.3) is 0 Å². The fraction of sp³-hybridized carbons (Fsp3) is 0.444. The molecule has 0 radical (unpaired) electrons. The molecule has 0 fully saturated rings. The third-order valence-electron chi connectivity index (χ3n) is 1.94. The summed E-state index contributed by atoms with van der Waals surface area (Å²) in [7, 11) is -2.99. The number of nitrogens with zero attached hydrogens (tertiary/aromatic N) is 1. The van der Waals surface area contributed by atoms with Crippen molar-refractivity contribution in [3.05, 3.63) is 30.1 Å². The molecular weight excluding hydrogens is 200 g/mol. The van der Waals surface area contributed by atoms with E-state index in [1.54, 1.807) is 18.5 Å². The molecule has 14 heavy (non-hydrogen) atoms. The van der Waals surface area contributed by atoms with Gasteiger partial charge in [-0.3, -0.25) is 4.98 Å². The molecule has 0 aromatic carbocycles. The van der Waals surface area contributed by atoms with Crippen LogP contribution in [-0.2, 0) is 9.84 Å². The predicted molar refractivity (Wildman–Crippen MR) is 55.7 cm³/mol. The molecule has 0 saturated heterocycles. The summed E-state index contributed by atoms with van der Waals surface area (Å²) in [5.41, 5.74) is 6.40. The molecule has 4 nitrogen and oxygen atoms in total. The average Bonchev–Trinajstić information content (AvgIpc) is 2.14. The van der Waals surface area contributed by atoms with Gasteiger partial charge in [-0.2, -0.15) is 0 Å². The molecule has 1 aromatic heterocycles. The quantitative estimate of drug-likeness (QED) is 0.775. The Bertz CT molecular complexity index is 375. The fourth-order valence-electron chi connectivity index (χ4n) is 1.28. The maximum Gasteiger partial charge on any atom is 0.148 e. The first kappa shape index (κ1) is 11.1. The van der Waals surface area contributed by atoms with Crippen LogP contribution in [0.2, 0.25) is 0 Å². The summed E-state index contributed by atoms with van der Waals surface area (Å²) < 4.78 is 22.2. The van der Waals surface area contributed by atoms with Gasteiger partial charge >= 0.3 is 0 Å². The lowest BCUT2D eigenvalue weighted by Gasteiger charge is -2.12. The van der Waals surface area contributed by atoms with E-state index in [0.29, 0.717) is 6.54 Å². The van der Waals surface area contributed by atoms with Crippen molar-refractivity contribution in [2.45, 2.75) is 5.92 Å². The topological polar surface area (TPSA) is 73.0 Å². The van der Waals surface area contributed by atoms with Crippen LogP contribution in [0, 0.1) is 0 Å². The third-order valence-corrected chi connectivity index (χ3v) is 2.95. The molecule has 0 bridgehead atoms. The van der Waals surface area contributed by atoms with E-state index in [1.165, 1.54) is 6.26 Å². The Hall–Kier alpha value is -0.940. The number of pyridine rings is 1. The van der Waals surface area contributed by atoms with Gasteiger partial charge in [0.15, 0.2) is 0 Å². The Morgan fingerprint density at radius 2 is 2.29 bits per heavy atom. The highest BCUT2D eigenvalue weighted by Gasteiger charge is 2.15. The summed E-state index contributed by atoms with van der Waals surface area (Å²) in [6.07, 6.45) is 4.52. The third kappa shape index (κ3) is 3.43. The Kier molecular flexibility index (Phi) is 3.60. The summed E-state index contributed by atoms with van der Waals surface area (Å²) in [6, 6.07) is 3.62. The Labute approximate surface area is 84.1 Å². The second kappa shape index (κ2) is 4.52. The number of aromatic nitrogens is 1. The van der Waals surface area contributed by atoms with Gasteiger partial charge in [0.05, 0.1) is 5.75 Å². The molecule has 1 unspecified atom stereocenters. The average molecular weight is 214 g/mol. The maximum absolute atomic E-state index is 11.1. The SMILES string of the molecule is CS(=O)(=O)CC(CN)c1cccnc1. The van der Waals surface area contributed by atoms with Gasteiger partial charge in [0.2, 0.25) is 0 Å². The van der Waals surface area contributed by atoms with E-state index >= 15 is 0 Å². The van der Waals surface area contributed by atoms with Gasteiger partial charge in [-0.15, -0.1) is 0 Å². The number of rotatable bonds is 4. The van der Waals surface area contributed by atoms with Crippen LogP contribution in [0.15, 0.2) is 24.5 Å². The lowest BCUT2D eigenvalue weighted by atomic mass is 10.0. The summed E-state index contributed by atoms with van der Waals surface area (Å²) in [4.78, 5) is 3.93.